The van der Waals surface area contributed by atoms with Gasteiger partial charge in [0.25, 0.3) is 0 Å². The van der Waals surface area contributed by atoms with Crippen LogP contribution in [0, 0.1) is 5.82 Å². The lowest BCUT2D eigenvalue weighted by molar-refractivity contribution is 0.236. The number of ether oxygens (including phenoxy) is 1. The number of carbonyl (C=O) groups excluding carboxylic acids is 1. The minimum Gasteiger partial charge on any atom is -0.492 e. The van der Waals surface area contributed by atoms with E-state index in [1.54, 1.807) is 12.1 Å². The first-order valence-corrected chi connectivity index (χ1v) is 6.12. The highest BCUT2D eigenvalue weighted by Crippen LogP contribution is 2.11. The molecule has 5 heteroatoms. The molecule has 2 N–H and O–H groups in total. The summed E-state index contributed by atoms with van der Waals surface area (Å²) in [7, 11) is 0. The molecule has 0 saturated carbocycles. The predicted molar refractivity (Wildman–Crippen MR) is 68.2 cm³/mol. The smallest absolute Gasteiger partial charge is 0.314 e. The van der Waals surface area contributed by atoms with Gasteiger partial charge in [-0.05, 0) is 18.6 Å². The highest BCUT2D eigenvalue weighted by Gasteiger charge is 1.99. The van der Waals surface area contributed by atoms with Gasteiger partial charge in [0.15, 0.2) is 0 Å². The van der Waals surface area contributed by atoms with Crippen LogP contribution in [0.2, 0.25) is 0 Å². The van der Waals surface area contributed by atoms with Gasteiger partial charge in [0.05, 0.1) is 6.54 Å². The van der Waals surface area contributed by atoms with Crippen LogP contribution in [0.3, 0.4) is 0 Å². The van der Waals surface area contributed by atoms with Crippen molar-refractivity contribution in [2.24, 2.45) is 0 Å². The van der Waals surface area contributed by atoms with Crippen LogP contribution in [0.15, 0.2) is 24.3 Å². The number of unbranched alkanes of at least 4 members (excludes halogenated alkanes) is 1. The SMILES string of the molecule is CCCCNC(=O)NCCOc1cccc(F)c1. The lowest BCUT2D eigenvalue weighted by Crippen LogP contribution is -2.38. The number of rotatable bonds is 7. The molecule has 0 saturated heterocycles. The van der Waals surface area contributed by atoms with Gasteiger partial charge in [-0.3, -0.25) is 0 Å². The maximum absolute atomic E-state index is 12.8. The molecule has 100 valence electrons. The Bertz CT molecular complexity index is 372. The molecule has 0 aromatic heterocycles. The third-order valence-electron chi connectivity index (χ3n) is 2.27. The summed E-state index contributed by atoms with van der Waals surface area (Å²) in [5, 5.41) is 5.38. The van der Waals surface area contributed by atoms with Gasteiger partial charge < -0.3 is 15.4 Å². The predicted octanol–water partition coefficient (Wildman–Crippen LogP) is 2.30. The van der Waals surface area contributed by atoms with Crippen molar-refractivity contribution < 1.29 is 13.9 Å². The molecule has 0 aliphatic heterocycles. The molecule has 0 aliphatic rings. The van der Waals surface area contributed by atoms with Crippen molar-refractivity contribution in [2.45, 2.75) is 19.8 Å². The molecule has 1 aromatic rings. The lowest BCUT2D eigenvalue weighted by atomic mass is 10.3. The van der Waals surface area contributed by atoms with Crippen molar-refractivity contribution in [1.29, 1.82) is 0 Å². The number of benzene rings is 1. The first-order chi connectivity index (χ1) is 8.72. The van der Waals surface area contributed by atoms with Crippen molar-refractivity contribution in [2.75, 3.05) is 19.7 Å². The molecule has 0 aliphatic carbocycles. The summed E-state index contributed by atoms with van der Waals surface area (Å²) in [5.74, 6) is 0.126. The van der Waals surface area contributed by atoms with E-state index in [4.69, 9.17) is 4.74 Å². The van der Waals surface area contributed by atoms with Crippen LogP contribution in [0.25, 0.3) is 0 Å². The average Bonchev–Trinajstić information content (AvgIpc) is 2.35. The van der Waals surface area contributed by atoms with E-state index in [9.17, 15) is 9.18 Å². The number of halogens is 1. The van der Waals surface area contributed by atoms with E-state index in [1.165, 1.54) is 12.1 Å². The summed E-state index contributed by atoms with van der Waals surface area (Å²) < 4.78 is 18.1. The first-order valence-electron chi connectivity index (χ1n) is 6.12. The Morgan fingerprint density at radius 3 is 2.83 bits per heavy atom. The van der Waals surface area contributed by atoms with Crippen LogP contribution < -0.4 is 15.4 Å². The molecular weight excluding hydrogens is 235 g/mol. The fourth-order valence-electron chi connectivity index (χ4n) is 1.33. The van der Waals surface area contributed by atoms with Gasteiger partial charge in [-0.25, -0.2) is 9.18 Å². The highest BCUT2D eigenvalue weighted by atomic mass is 19.1. The number of carbonyl (C=O) groups is 1. The third-order valence-corrected chi connectivity index (χ3v) is 2.27. The zero-order valence-electron chi connectivity index (χ0n) is 10.5. The number of amides is 2. The summed E-state index contributed by atoms with van der Waals surface area (Å²) in [6.07, 6.45) is 2.01. The molecule has 1 rings (SSSR count). The maximum Gasteiger partial charge on any atom is 0.314 e. The van der Waals surface area contributed by atoms with Gasteiger partial charge in [0, 0.05) is 12.6 Å². The van der Waals surface area contributed by atoms with Gasteiger partial charge in [0.2, 0.25) is 0 Å². The second-order valence-corrected chi connectivity index (χ2v) is 3.84. The van der Waals surface area contributed by atoms with E-state index in [0.29, 0.717) is 25.4 Å². The molecule has 0 unspecified atom stereocenters. The van der Waals surface area contributed by atoms with Crippen LogP contribution in [0.1, 0.15) is 19.8 Å². The van der Waals surface area contributed by atoms with Crippen molar-refractivity contribution in [1.82, 2.24) is 10.6 Å². The van der Waals surface area contributed by atoms with Gasteiger partial charge in [-0.1, -0.05) is 19.4 Å². The van der Waals surface area contributed by atoms with Crippen molar-refractivity contribution >= 4 is 6.03 Å². The molecule has 2 amide bonds. The fraction of sp³-hybridized carbons (Fsp3) is 0.462. The summed E-state index contributed by atoms with van der Waals surface area (Å²) >= 11 is 0. The molecule has 0 bridgehead atoms. The summed E-state index contributed by atoms with van der Waals surface area (Å²) in [4.78, 5) is 11.2. The standard InChI is InChI=1S/C13H19FN2O2/c1-2-3-7-15-13(17)16-8-9-18-12-6-4-5-11(14)10-12/h4-6,10H,2-3,7-9H2,1H3,(H2,15,16,17). The molecule has 18 heavy (non-hydrogen) atoms. The second kappa shape index (κ2) is 8.33. The van der Waals surface area contributed by atoms with Crippen molar-refractivity contribution in [3.05, 3.63) is 30.1 Å². The quantitative estimate of drug-likeness (QED) is 0.734. The molecule has 4 nitrogen and oxygen atoms in total. The highest BCUT2D eigenvalue weighted by molar-refractivity contribution is 5.73. The largest absolute Gasteiger partial charge is 0.492 e. The normalized spacial score (nSPS) is 9.89. The van der Waals surface area contributed by atoms with Gasteiger partial charge >= 0.3 is 6.03 Å². The molecule has 0 radical (unpaired) electrons. The number of nitrogens with one attached hydrogen (secondary N) is 2. The molecule has 0 fully saturated rings. The van der Waals surface area contributed by atoms with E-state index in [1.807, 2.05) is 0 Å². The van der Waals surface area contributed by atoms with Crippen LogP contribution >= 0.6 is 0 Å². The van der Waals surface area contributed by atoms with E-state index in [-0.39, 0.29) is 11.8 Å². The molecule has 0 heterocycles. The molecular formula is C13H19FN2O2. The molecule has 0 atom stereocenters. The van der Waals surface area contributed by atoms with Crippen LogP contribution in [-0.4, -0.2) is 25.7 Å². The number of hydrogen-bond donors (Lipinski definition) is 2. The van der Waals surface area contributed by atoms with Gasteiger partial charge in [-0.15, -0.1) is 0 Å². The molecule has 1 aromatic carbocycles. The maximum atomic E-state index is 12.8. The van der Waals surface area contributed by atoms with E-state index < -0.39 is 0 Å². The van der Waals surface area contributed by atoms with Gasteiger partial charge in [0.1, 0.15) is 18.2 Å². The van der Waals surface area contributed by atoms with Gasteiger partial charge in [-0.2, -0.15) is 0 Å². The Morgan fingerprint density at radius 2 is 2.11 bits per heavy atom. The topological polar surface area (TPSA) is 50.4 Å². The van der Waals surface area contributed by atoms with E-state index >= 15 is 0 Å². The van der Waals surface area contributed by atoms with Crippen molar-refractivity contribution in [3.63, 3.8) is 0 Å². The third kappa shape index (κ3) is 6.08. The summed E-state index contributed by atoms with van der Waals surface area (Å²) in [6.45, 7) is 3.43. The minimum absolute atomic E-state index is 0.203. The summed E-state index contributed by atoms with van der Waals surface area (Å²) in [5.41, 5.74) is 0. The Hall–Kier alpha value is -1.78. The monoisotopic (exact) mass is 254 g/mol. The first kappa shape index (κ1) is 14.3. The number of urea groups is 1. The average molecular weight is 254 g/mol. The zero-order chi connectivity index (χ0) is 13.2. The van der Waals surface area contributed by atoms with E-state index in [0.717, 1.165) is 12.8 Å². The van der Waals surface area contributed by atoms with Crippen molar-refractivity contribution in [3.8, 4) is 5.75 Å². The van der Waals surface area contributed by atoms with Crippen LogP contribution in [0.4, 0.5) is 9.18 Å². The van der Waals surface area contributed by atoms with E-state index in [2.05, 4.69) is 17.6 Å². The second-order valence-electron chi connectivity index (χ2n) is 3.84. The fourth-order valence-corrected chi connectivity index (χ4v) is 1.33. The Morgan fingerprint density at radius 1 is 1.33 bits per heavy atom. The Kier molecular flexibility index (Phi) is 6.61. The van der Waals surface area contributed by atoms with Crippen LogP contribution in [-0.2, 0) is 0 Å². The minimum atomic E-state index is -0.335. The lowest BCUT2D eigenvalue weighted by Gasteiger charge is -2.08. The summed E-state index contributed by atoms with van der Waals surface area (Å²) in [6, 6.07) is 5.71. The number of hydrogen-bond acceptors (Lipinski definition) is 2. The van der Waals surface area contributed by atoms with Crippen LogP contribution in [0.5, 0.6) is 5.75 Å². The Labute approximate surface area is 107 Å². The molecule has 0 spiro atoms. The Balaban J connectivity index is 2.09. The zero-order valence-corrected chi connectivity index (χ0v) is 10.5.